The van der Waals surface area contributed by atoms with Crippen LogP contribution in [0.15, 0.2) is 18.3 Å². The molecular weight excluding hydrogens is 221 g/mol. The Hall–Kier alpha value is -1.30. The number of hydrogen-bond donors (Lipinski definition) is 1. The van der Waals surface area contributed by atoms with Crippen LogP contribution >= 0.6 is 0 Å². The van der Waals surface area contributed by atoms with E-state index in [0.717, 1.165) is 5.69 Å². The van der Waals surface area contributed by atoms with Crippen LogP contribution in [-0.4, -0.2) is 30.9 Å². The molecule has 16 heavy (non-hydrogen) atoms. The van der Waals surface area contributed by atoms with E-state index in [1.54, 1.807) is 25.3 Å². The molecule has 6 heteroatoms. The fourth-order valence-electron chi connectivity index (χ4n) is 1.09. The van der Waals surface area contributed by atoms with Gasteiger partial charge in [0.2, 0.25) is 0 Å². The molecule has 0 radical (unpaired) electrons. The average Bonchev–Trinajstić information content (AvgIpc) is 2.18. The van der Waals surface area contributed by atoms with Gasteiger partial charge in [-0.25, -0.2) is 0 Å². The van der Waals surface area contributed by atoms with Gasteiger partial charge in [0.05, 0.1) is 12.2 Å². The van der Waals surface area contributed by atoms with Gasteiger partial charge in [-0.2, -0.15) is 13.2 Å². The summed E-state index contributed by atoms with van der Waals surface area (Å²) < 4.78 is 40.5. The first kappa shape index (κ1) is 12.8. The molecule has 1 aromatic heterocycles. The van der Waals surface area contributed by atoms with E-state index in [2.05, 4.69) is 10.3 Å². The van der Waals surface area contributed by atoms with Crippen molar-refractivity contribution in [2.75, 3.05) is 19.7 Å². The SMILES string of the molecule is Cc1ncccc1OCCNCC(F)(F)F. The molecule has 1 N–H and O–H groups in total. The van der Waals surface area contributed by atoms with Crippen LogP contribution < -0.4 is 10.1 Å². The van der Waals surface area contributed by atoms with Crippen LogP contribution in [0.3, 0.4) is 0 Å². The highest BCUT2D eigenvalue weighted by molar-refractivity contribution is 5.25. The summed E-state index contributed by atoms with van der Waals surface area (Å²) in [6.07, 6.45) is -2.55. The topological polar surface area (TPSA) is 34.1 Å². The molecule has 0 unspecified atom stereocenters. The molecule has 0 fully saturated rings. The van der Waals surface area contributed by atoms with Gasteiger partial charge in [-0.15, -0.1) is 0 Å². The van der Waals surface area contributed by atoms with Crippen molar-refractivity contribution in [3.8, 4) is 5.75 Å². The van der Waals surface area contributed by atoms with Crippen molar-refractivity contribution >= 4 is 0 Å². The van der Waals surface area contributed by atoms with Gasteiger partial charge in [0.25, 0.3) is 0 Å². The van der Waals surface area contributed by atoms with Gasteiger partial charge in [-0.3, -0.25) is 4.98 Å². The lowest BCUT2D eigenvalue weighted by Crippen LogP contribution is -2.31. The predicted octanol–water partition coefficient (Wildman–Crippen LogP) is 1.92. The Kier molecular flexibility index (Phi) is 4.54. The van der Waals surface area contributed by atoms with Gasteiger partial charge in [-0.05, 0) is 19.1 Å². The summed E-state index contributed by atoms with van der Waals surface area (Å²) in [5.41, 5.74) is 0.721. The molecular formula is C10H13F3N2O. The molecule has 3 nitrogen and oxygen atoms in total. The zero-order valence-corrected chi connectivity index (χ0v) is 8.84. The van der Waals surface area contributed by atoms with Crippen molar-refractivity contribution in [1.29, 1.82) is 0 Å². The molecule has 0 aliphatic carbocycles. The first-order chi connectivity index (χ1) is 7.49. The van der Waals surface area contributed by atoms with Crippen molar-refractivity contribution < 1.29 is 17.9 Å². The third-order valence-electron chi connectivity index (χ3n) is 1.82. The molecule has 1 rings (SSSR count). The van der Waals surface area contributed by atoms with Crippen molar-refractivity contribution in [2.45, 2.75) is 13.1 Å². The summed E-state index contributed by atoms with van der Waals surface area (Å²) in [6, 6.07) is 3.44. The van der Waals surface area contributed by atoms with E-state index in [0.29, 0.717) is 5.75 Å². The van der Waals surface area contributed by atoms with Crippen LogP contribution in [0.1, 0.15) is 5.69 Å². The van der Waals surface area contributed by atoms with E-state index in [9.17, 15) is 13.2 Å². The molecule has 0 amide bonds. The summed E-state index contributed by atoms with van der Waals surface area (Å²) in [7, 11) is 0. The molecule has 0 aliphatic rings. The normalized spacial score (nSPS) is 11.5. The maximum absolute atomic E-state index is 11.8. The number of alkyl halides is 3. The number of nitrogens with one attached hydrogen (secondary N) is 1. The Morgan fingerprint density at radius 1 is 1.44 bits per heavy atom. The highest BCUT2D eigenvalue weighted by atomic mass is 19.4. The van der Waals surface area contributed by atoms with Crippen LogP contribution in [0.4, 0.5) is 13.2 Å². The minimum atomic E-state index is -4.18. The van der Waals surface area contributed by atoms with Crippen LogP contribution in [-0.2, 0) is 0 Å². The van der Waals surface area contributed by atoms with E-state index >= 15 is 0 Å². The number of hydrogen-bond acceptors (Lipinski definition) is 3. The second kappa shape index (κ2) is 5.69. The average molecular weight is 234 g/mol. The maximum atomic E-state index is 11.8. The molecule has 1 heterocycles. The molecule has 0 saturated heterocycles. The molecule has 0 saturated carbocycles. The number of rotatable bonds is 5. The molecule has 0 aliphatic heterocycles. The van der Waals surface area contributed by atoms with Crippen LogP contribution in [0.5, 0.6) is 5.75 Å². The lowest BCUT2D eigenvalue weighted by Gasteiger charge is -2.10. The number of aryl methyl sites for hydroxylation is 1. The van der Waals surface area contributed by atoms with Crippen molar-refractivity contribution in [3.05, 3.63) is 24.0 Å². The largest absolute Gasteiger partial charge is 0.490 e. The molecule has 90 valence electrons. The Labute approximate surface area is 91.6 Å². The van der Waals surface area contributed by atoms with E-state index in [-0.39, 0.29) is 13.2 Å². The van der Waals surface area contributed by atoms with Gasteiger partial charge < -0.3 is 10.1 Å². The first-order valence-electron chi connectivity index (χ1n) is 4.81. The zero-order chi connectivity index (χ0) is 12.0. The quantitative estimate of drug-likeness (QED) is 0.790. The smallest absolute Gasteiger partial charge is 0.401 e. The highest BCUT2D eigenvalue weighted by Crippen LogP contribution is 2.13. The molecule has 0 spiro atoms. The zero-order valence-electron chi connectivity index (χ0n) is 8.84. The van der Waals surface area contributed by atoms with Crippen LogP contribution in [0.2, 0.25) is 0 Å². The summed E-state index contributed by atoms with van der Waals surface area (Å²) in [5, 5.41) is 2.24. The Morgan fingerprint density at radius 3 is 2.81 bits per heavy atom. The Morgan fingerprint density at radius 2 is 2.19 bits per heavy atom. The fourth-order valence-corrected chi connectivity index (χ4v) is 1.09. The van der Waals surface area contributed by atoms with Crippen LogP contribution in [0.25, 0.3) is 0 Å². The third-order valence-corrected chi connectivity index (χ3v) is 1.82. The Balaban J connectivity index is 2.19. The third kappa shape index (κ3) is 4.97. The van der Waals surface area contributed by atoms with E-state index in [4.69, 9.17) is 4.74 Å². The van der Waals surface area contributed by atoms with Gasteiger partial charge in [-0.1, -0.05) is 0 Å². The van der Waals surface area contributed by atoms with Gasteiger partial charge in [0, 0.05) is 12.7 Å². The molecule has 0 atom stereocenters. The minimum Gasteiger partial charge on any atom is -0.490 e. The highest BCUT2D eigenvalue weighted by Gasteiger charge is 2.25. The fraction of sp³-hybridized carbons (Fsp3) is 0.500. The predicted molar refractivity (Wildman–Crippen MR) is 53.4 cm³/mol. The lowest BCUT2D eigenvalue weighted by atomic mass is 10.3. The van der Waals surface area contributed by atoms with Gasteiger partial charge >= 0.3 is 6.18 Å². The standard InChI is InChI=1S/C10H13F3N2O/c1-8-9(3-2-4-15-8)16-6-5-14-7-10(11,12)13/h2-4,14H,5-7H2,1H3. The van der Waals surface area contributed by atoms with Gasteiger partial charge in [0.15, 0.2) is 0 Å². The number of halogens is 3. The van der Waals surface area contributed by atoms with E-state index < -0.39 is 12.7 Å². The summed E-state index contributed by atoms with van der Waals surface area (Å²) >= 11 is 0. The van der Waals surface area contributed by atoms with E-state index in [1.807, 2.05) is 0 Å². The number of aromatic nitrogens is 1. The lowest BCUT2D eigenvalue weighted by molar-refractivity contribution is -0.124. The van der Waals surface area contributed by atoms with Crippen molar-refractivity contribution in [3.63, 3.8) is 0 Å². The van der Waals surface area contributed by atoms with Gasteiger partial charge in [0.1, 0.15) is 12.4 Å². The summed E-state index contributed by atoms with van der Waals surface area (Å²) in [5.74, 6) is 0.594. The van der Waals surface area contributed by atoms with E-state index in [1.165, 1.54) is 0 Å². The number of pyridine rings is 1. The second-order valence-corrected chi connectivity index (χ2v) is 3.23. The molecule has 0 bridgehead atoms. The van der Waals surface area contributed by atoms with Crippen molar-refractivity contribution in [1.82, 2.24) is 10.3 Å². The van der Waals surface area contributed by atoms with Crippen molar-refractivity contribution in [2.24, 2.45) is 0 Å². The second-order valence-electron chi connectivity index (χ2n) is 3.23. The number of ether oxygens (including phenoxy) is 1. The van der Waals surface area contributed by atoms with Crippen LogP contribution in [0, 0.1) is 6.92 Å². The molecule has 0 aromatic carbocycles. The minimum absolute atomic E-state index is 0.147. The summed E-state index contributed by atoms with van der Waals surface area (Å²) in [6.45, 7) is 1.11. The first-order valence-corrected chi connectivity index (χ1v) is 4.81. The monoisotopic (exact) mass is 234 g/mol. The molecule has 1 aromatic rings. The maximum Gasteiger partial charge on any atom is 0.401 e. The summed E-state index contributed by atoms with van der Waals surface area (Å²) in [4.78, 5) is 3.99. The Bertz CT molecular complexity index is 328. The number of nitrogens with zero attached hydrogens (tertiary/aromatic N) is 1.